The van der Waals surface area contributed by atoms with E-state index in [9.17, 15) is 4.79 Å². The Morgan fingerprint density at radius 2 is 2.20 bits per heavy atom. The van der Waals surface area contributed by atoms with Gasteiger partial charge in [-0.2, -0.15) is 0 Å². The van der Waals surface area contributed by atoms with Gasteiger partial charge in [-0.25, -0.2) is 0 Å². The van der Waals surface area contributed by atoms with Crippen molar-refractivity contribution in [3.05, 3.63) is 55.7 Å². The van der Waals surface area contributed by atoms with E-state index in [-0.39, 0.29) is 18.5 Å². The molecule has 1 atom stereocenters. The van der Waals surface area contributed by atoms with Crippen LogP contribution in [0.5, 0.6) is 0 Å². The number of halogens is 2. The molecule has 2 heterocycles. The van der Waals surface area contributed by atoms with Crippen LogP contribution in [0.1, 0.15) is 22.0 Å². The summed E-state index contributed by atoms with van der Waals surface area (Å²) in [7, 11) is 1.64. The molecule has 1 N–H and O–H groups in total. The first-order chi connectivity index (χ1) is 12.1. The molecule has 0 fully saturated rings. The average Bonchev–Trinajstić information content (AvgIpc) is 3.07. The molecule has 1 amide bonds. The van der Waals surface area contributed by atoms with Crippen molar-refractivity contribution in [2.24, 2.45) is 0 Å². The molecular weight excluding hydrogens is 379 g/mol. The Labute approximate surface area is 161 Å². The van der Waals surface area contributed by atoms with E-state index < -0.39 is 0 Å². The van der Waals surface area contributed by atoms with Gasteiger partial charge in [-0.3, -0.25) is 4.79 Å². The summed E-state index contributed by atoms with van der Waals surface area (Å²) < 4.78 is 5.01. The maximum atomic E-state index is 12.8. The number of nitrogens with one attached hydrogen (secondary N) is 1. The molecule has 25 heavy (non-hydrogen) atoms. The van der Waals surface area contributed by atoms with Gasteiger partial charge in [0.15, 0.2) is 0 Å². The Morgan fingerprint density at radius 1 is 1.36 bits per heavy atom. The number of hydrogen-bond acceptors (Lipinski definition) is 4. The minimum atomic E-state index is -0.170. The van der Waals surface area contributed by atoms with Gasteiger partial charge in [-0.15, -0.1) is 11.3 Å². The fourth-order valence-corrected chi connectivity index (χ4v) is 4.53. The number of nitrogens with zero attached hydrogens (tertiary/aromatic N) is 1. The number of ether oxygens (including phenoxy) is 1. The van der Waals surface area contributed by atoms with E-state index in [1.165, 1.54) is 4.88 Å². The third-order valence-electron chi connectivity index (χ3n) is 4.30. The first-order valence-electron chi connectivity index (χ1n) is 8.12. The van der Waals surface area contributed by atoms with Gasteiger partial charge in [0.2, 0.25) is 5.91 Å². The molecule has 1 aromatic carbocycles. The quantitative estimate of drug-likeness (QED) is 0.752. The van der Waals surface area contributed by atoms with Crippen molar-refractivity contribution in [2.45, 2.75) is 12.5 Å². The van der Waals surface area contributed by atoms with Crippen LogP contribution in [-0.2, 0) is 16.0 Å². The lowest BCUT2D eigenvalue weighted by molar-refractivity contribution is -0.132. The molecule has 0 aliphatic carbocycles. The van der Waals surface area contributed by atoms with E-state index in [4.69, 9.17) is 27.9 Å². The number of amides is 1. The van der Waals surface area contributed by atoms with Gasteiger partial charge in [0.1, 0.15) is 0 Å². The largest absolute Gasteiger partial charge is 0.383 e. The molecule has 0 spiro atoms. The number of carbonyl (C=O) groups is 1. The Morgan fingerprint density at radius 3 is 2.96 bits per heavy atom. The van der Waals surface area contributed by atoms with Crippen LogP contribution in [0.25, 0.3) is 0 Å². The van der Waals surface area contributed by atoms with Crippen LogP contribution >= 0.6 is 34.5 Å². The van der Waals surface area contributed by atoms with Gasteiger partial charge in [-0.1, -0.05) is 29.3 Å². The van der Waals surface area contributed by atoms with Crippen molar-refractivity contribution in [3.63, 3.8) is 0 Å². The Bertz CT molecular complexity index is 750. The molecular formula is C18H20Cl2N2O2S. The fourth-order valence-electron chi connectivity index (χ4n) is 3.11. The fraction of sp³-hybridized carbons (Fsp3) is 0.389. The Kier molecular flexibility index (Phi) is 6.36. The minimum Gasteiger partial charge on any atom is -0.383 e. The van der Waals surface area contributed by atoms with Gasteiger partial charge in [0.25, 0.3) is 0 Å². The summed E-state index contributed by atoms with van der Waals surface area (Å²) in [6.45, 7) is 2.19. The second kappa shape index (κ2) is 8.52. The molecule has 0 saturated carbocycles. The normalized spacial score (nSPS) is 16.8. The number of methoxy groups -OCH3 is 1. The lowest BCUT2D eigenvalue weighted by Gasteiger charge is -2.37. The second-order valence-corrected chi connectivity index (χ2v) is 7.72. The molecule has 0 radical (unpaired) electrons. The summed E-state index contributed by atoms with van der Waals surface area (Å²) in [6.07, 6.45) is 0.874. The van der Waals surface area contributed by atoms with Crippen LogP contribution in [0.15, 0.2) is 29.6 Å². The van der Waals surface area contributed by atoms with Crippen LogP contribution in [0, 0.1) is 0 Å². The topological polar surface area (TPSA) is 41.6 Å². The van der Waals surface area contributed by atoms with E-state index in [0.717, 1.165) is 17.5 Å². The highest BCUT2D eigenvalue weighted by Gasteiger charge is 2.33. The zero-order valence-electron chi connectivity index (χ0n) is 13.9. The highest BCUT2D eigenvalue weighted by Crippen LogP contribution is 2.40. The van der Waals surface area contributed by atoms with E-state index in [1.807, 2.05) is 17.0 Å². The van der Waals surface area contributed by atoms with Crippen molar-refractivity contribution in [3.8, 4) is 0 Å². The summed E-state index contributed by atoms with van der Waals surface area (Å²) >= 11 is 14.2. The number of carbonyl (C=O) groups excluding carboxylic acids is 1. The van der Waals surface area contributed by atoms with E-state index in [2.05, 4.69) is 16.8 Å². The zero-order valence-corrected chi connectivity index (χ0v) is 16.3. The predicted molar refractivity (Wildman–Crippen MR) is 103 cm³/mol. The van der Waals surface area contributed by atoms with Crippen molar-refractivity contribution < 1.29 is 9.53 Å². The molecule has 7 heteroatoms. The van der Waals surface area contributed by atoms with Gasteiger partial charge in [0.05, 0.1) is 19.2 Å². The van der Waals surface area contributed by atoms with Gasteiger partial charge < -0.3 is 15.0 Å². The molecule has 134 valence electrons. The van der Waals surface area contributed by atoms with Crippen LogP contribution in [-0.4, -0.2) is 44.2 Å². The smallest absolute Gasteiger partial charge is 0.237 e. The Hall–Kier alpha value is -1.11. The van der Waals surface area contributed by atoms with E-state index in [0.29, 0.717) is 29.7 Å². The summed E-state index contributed by atoms with van der Waals surface area (Å²) in [6, 6.07) is 7.40. The van der Waals surface area contributed by atoms with Gasteiger partial charge >= 0.3 is 0 Å². The molecule has 0 bridgehead atoms. The first kappa shape index (κ1) is 18.7. The summed E-state index contributed by atoms with van der Waals surface area (Å²) in [5.41, 5.74) is 2.07. The molecule has 2 aromatic rings. The molecule has 1 aliphatic heterocycles. The Balaban J connectivity index is 1.88. The van der Waals surface area contributed by atoms with Crippen molar-refractivity contribution in [2.75, 3.05) is 33.4 Å². The van der Waals surface area contributed by atoms with Gasteiger partial charge in [-0.05, 0) is 41.1 Å². The van der Waals surface area contributed by atoms with Crippen LogP contribution in [0.4, 0.5) is 0 Å². The maximum Gasteiger partial charge on any atom is 0.237 e. The SMILES string of the molecule is COCCNCC(=O)N1CCc2sccc2[C@@H]1c1ccc(Cl)cc1Cl. The maximum absolute atomic E-state index is 12.8. The standard InChI is InChI=1S/C18H20Cl2N2O2S/c1-24-8-6-21-11-17(23)22-7-4-16-14(5-9-25-16)18(22)13-3-2-12(19)10-15(13)20/h2-3,5,9-10,18,21H,4,6-8,11H2,1H3/t18-/m0/s1. The average molecular weight is 399 g/mol. The zero-order chi connectivity index (χ0) is 17.8. The number of rotatable bonds is 6. The van der Waals surface area contributed by atoms with Crippen molar-refractivity contribution >= 4 is 40.4 Å². The summed E-state index contributed by atoms with van der Waals surface area (Å²) in [5.74, 6) is 0.0592. The van der Waals surface area contributed by atoms with Crippen molar-refractivity contribution in [1.82, 2.24) is 10.2 Å². The summed E-state index contributed by atoms with van der Waals surface area (Å²) in [4.78, 5) is 16.0. The van der Waals surface area contributed by atoms with Gasteiger partial charge in [0, 0.05) is 35.1 Å². The lowest BCUT2D eigenvalue weighted by Crippen LogP contribution is -2.44. The highest BCUT2D eigenvalue weighted by atomic mass is 35.5. The monoisotopic (exact) mass is 398 g/mol. The molecule has 3 rings (SSSR count). The molecule has 1 aromatic heterocycles. The highest BCUT2D eigenvalue weighted by molar-refractivity contribution is 7.10. The summed E-state index contributed by atoms with van der Waals surface area (Å²) in [5, 5.41) is 6.38. The lowest BCUT2D eigenvalue weighted by atomic mass is 9.93. The van der Waals surface area contributed by atoms with Crippen molar-refractivity contribution in [1.29, 1.82) is 0 Å². The molecule has 4 nitrogen and oxygen atoms in total. The van der Waals surface area contributed by atoms with Crippen LogP contribution in [0.2, 0.25) is 10.0 Å². The minimum absolute atomic E-state index is 0.0592. The van der Waals surface area contributed by atoms with Crippen LogP contribution < -0.4 is 5.32 Å². The number of thiophene rings is 1. The predicted octanol–water partition coefficient (Wildman–Crippen LogP) is 3.77. The third kappa shape index (κ3) is 4.18. The van der Waals surface area contributed by atoms with Crippen LogP contribution in [0.3, 0.4) is 0 Å². The molecule has 0 saturated heterocycles. The van der Waals surface area contributed by atoms with E-state index in [1.54, 1.807) is 24.5 Å². The number of benzene rings is 1. The molecule has 0 unspecified atom stereocenters. The number of fused-ring (bicyclic) bond motifs is 1. The first-order valence-corrected chi connectivity index (χ1v) is 9.75. The number of hydrogen-bond donors (Lipinski definition) is 1. The molecule has 1 aliphatic rings. The second-order valence-electron chi connectivity index (χ2n) is 5.87. The third-order valence-corrected chi connectivity index (χ3v) is 5.86. The van der Waals surface area contributed by atoms with E-state index >= 15 is 0 Å².